The van der Waals surface area contributed by atoms with Crippen LogP contribution in [0.15, 0.2) is 33.7 Å². The molecule has 1 aromatic heterocycles. The van der Waals surface area contributed by atoms with Gasteiger partial charge in [0.25, 0.3) is 0 Å². The molecule has 12 heavy (non-hydrogen) atoms. The molecule has 64 valence electrons. The van der Waals surface area contributed by atoms with Crippen molar-refractivity contribution in [2.75, 3.05) is 0 Å². The zero-order valence-electron chi connectivity index (χ0n) is 7.12. The van der Waals surface area contributed by atoms with Gasteiger partial charge in [-0.1, -0.05) is 25.5 Å². The van der Waals surface area contributed by atoms with Crippen LogP contribution in [0.5, 0.6) is 0 Å². The van der Waals surface area contributed by atoms with Crippen molar-refractivity contribution in [1.29, 1.82) is 0 Å². The second-order valence-electron chi connectivity index (χ2n) is 2.55. The molecule has 0 saturated heterocycles. The van der Waals surface area contributed by atoms with Gasteiger partial charge in [-0.2, -0.15) is 0 Å². The third-order valence-corrected chi connectivity index (χ3v) is 1.52. The summed E-state index contributed by atoms with van der Waals surface area (Å²) in [5, 5.41) is 0. The van der Waals surface area contributed by atoms with Crippen LogP contribution in [0, 0.1) is 0 Å². The summed E-state index contributed by atoms with van der Waals surface area (Å²) in [4.78, 5) is 11.0. The van der Waals surface area contributed by atoms with E-state index in [1.54, 1.807) is 18.2 Å². The normalized spacial score (nSPS) is 10.8. The monoisotopic (exact) mass is 164 g/mol. The molecule has 0 spiro atoms. The second-order valence-corrected chi connectivity index (χ2v) is 2.55. The number of hydrogen-bond acceptors (Lipinski definition) is 2. The Hall–Kier alpha value is -1.31. The van der Waals surface area contributed by atoms with Crippen LogP contribution in [-0.4, -0.2) is 0 Å². The quantitative estimate of drug-likeness (QED) is 0.686. The molecular formula is C10H12O2. The van der Waals surface area contributed by atoms with E-state index in [0.717, 1.165) is 12.8 Å². The lowest BCUT2D eigenvalue weighted by atomic mass is 10.2. The van der Waals surface area contributed by atoms with Crippen LogP contribution in [-0.2, 0) is 0 Å². The number of rotatable bonds is 3. The van der Waals surface area contributed by atoms with E-state index in [1.807, 2.05) is 6.08 Å². The minimum Gasteiger partial charge on any atom is -0.431 e. The summed E-state index contributed by atoms with van der Waals surface area (Å²) in [5.74, 6) is 0. The largest absolute Gasteiger partial charge is 0.431 e. The summed E-state index contributed by atoms with van der Waals surface area (Å²) >= 11 is 0. The van der Waals surface area contributed by atoms with E-state index in [0.29, 0.717) is 5.56 Å². The minimum absolute atomic E-state index is 0.273. The highest BCUT2D eigenvalue weighted by Gasteiger charge is 1.92. The Kier molecular flexibility index (Phi) is 3.33. The fraction of sp³-hybridized carbons (Fsp3) is 0.300. The highest BCUT2D eigenvalue weighted by molar-refractivity contribution is 5.46. The van der Waals surface area contributed by atoms with Crippen LogP contribution in [0.1, 0.15) is 25.3 Å². The molecule has 2 nitrogen and oxygen atoms in total. The molecular weight excluding hydrogens is 152 g/mol. The van der Waals surface area contributed by atoms with Gasteiger partial charge in [-0.3, -0.25) is 0 Å². The molecule has 1 heterocycles. The molecule has 0 amide bonds. The van der Waals surface area contributed by atoms with Gasteiger partial charge in [0, 0.05) is 0 Å². The molecule has 0 fully saturated rings. The standard InChI is InChI=1S/C10H12O2/c1-2-3-4-6-9-7-5-8-12-10(9)11/h4-8H,2-3H2,1H3. The summed E-state index contributed by atoms with van der Waals surface area (Å²) in [5.41, 5.74) is 0.343. The molecule has 0 atom stereocenters. The van der Waals surface area contributed by atoms with E-state index in [2.05, 4.69) is 11.3 Å². The van der Waals surface area contributed by atoms with Crippen LogP contribution in [0.3, 0.4) is 0 Å². The number of allylic oxidation sites excluding steroid dienone is 1. The Morgan fingerprint density at radius 2 is 2.42 bits per heavy atom. The summed E-state index contributed by atoms with van der Waals surface area (Å²) < 4.78 is 4.68. The first-order valence-corrected chi connectivity index (χ1v) is 4.09. The predicted octanol–water partition coefficient (Wildman–Crippen LogP) is 2.45. The fourth-order valence-electron chi connectivity index (χ4n) is 0.881. The molecule has 0 aliphatic carbocycles. The molecule has 0 N–H and O–H groups in total. The van der Waals surface area contributed by atoms with Gasteiger partial charge in [-0.05, 0) is 18.6 Å². The summed E-state index contributed by atoms with van der Waals surface area (Å²) in [6.45, 7) is 2.10. The van der Waals surface area contributed by atoms with Crippen LogP contribution < -0.4 is 5.63 Å². The lowest BCUT2D eigenvalue weighted by molar-refractivity contribution is 0.509. The van der Waals surface area contributed by atoms with Gasteiger partial charge in [0.2, 0.25) is 0 Å². The molecule has 0 radical (unpaired) electrons. The van der Waals surface area contributed by atoms with Gasteiger partial charge in [0.1, 0.15) is 0 Å². The molecule has 0 bridgehead atoms. The maximum absolute atomic E-state index is 11.0. The SMILES string of the molecule is CCCC=Cc1cccoc1=O. The first-order valence-electron chi connectivity index (χ1n) is 4.09. The minimum atomic E-state index is -0.273. The molecule has 0 aliphatic rings. The summed E-state index contributed by atoms with van der Waals surface area (Å²) in [6, 6.07) is 3.46. The highest BCUT2D eigenvalue weighted by atomic mass is 16.4. The second kappa shape index (κ2) is 4.54. The Bertz CT molecular complexity index is 310. The van der Waals surface area contributed by atoms with Crippen LogP contribution in [0.4, 0.5) is 0 Å². The molecule has 1 rings (SSSR count). The third kappa shape index (κ3) is 2.38. The Morgan fingerprint density at radius 3 is 3.08 bits per heavy atom. The van der Waals surface area contributed by atoms with Gasteiger partial charge < -0.3 is 4.42 Å². The van der Waals surface area contributed by atoms with Crippen molar-refractivity contribution in [1.82, 2.24) is 0 Å². The molecule has 0 aromatic carbocycles. The van der Waals surface area contributed by atoms with Gasteiger partial charge in [0.15, 0.2) is 0 Å². The van der Waals surface area contributed by atoms with Crippen molar-refractivity contribution in [3.8, 4) is 0 Å². The van der Waals surface area contributed by atoms with E-state index in [9.17, 15) is 4.79 Å². The maximum Gasteiger partial charge on any atom is 0.342 e. The van der Waals surface area contributed by atoms with Gasteiger partial charge >= 0.3 is 5.63 Å². The van der Waals surface area contributed by atoms with Crippen LogP contribution in [0.2, 0.25) is 0 Å². The van der Waals surface area contributed by atoms with E-state index in [-0.39, 0.29) is 5.63 Å². The Balaban J connectivity index is 2.76. The van der Waals surface area contributed by atoms with E-state index in [1.165, 1.54) is 6.26 Å². The molecule has 1 aromatic rings. The van der Waals surface area contributed by atoms with Crippen molar-refractivity contribution in [2.45, 2.75) is 19.8 Å². The Labute approximate surface area is 71.5 Å². The fourth-order valence-corrected chi connectivity index (χ4v) is 0.881. The molecule has 2 heteroatoms. The molecule has 0 saturated carbocycles. The molecule has 0 aliphatic heterocycles. The van der Waals surface area contributed by atoms with E-state index < -0.39 is 0 Å². The zero-order valence-corrected chi connectivity index (χ0v) is 7.12. The average molecular weight is 164 g/mol. The van der Waals surface area contributed by atoms with Crippen molar-refractivity contribution in [3.05, 3.63) is 40.5 Å². The number of unbranched alkanes of at least 4 members (excludes halogenated alkanes) is 1. The van der Waals surface area contributed by atoms with Crippen LogP contribution >= 0.6 is 0 Å². The van der Waals surface area contributed by atoms with Gasteiger partial charge in [0.05, 0.1) is 11.8 Å². The lowest BCUT2D eigenvalue weighted by Crippen LogP contribution is -2.00. The first kappa shape index (κ1) is 8.78. The van der Waals surface area contributed by atoms with Gasteiger partial charge in [-0.15, -0.1) is 0 Å². The van der Waals surface area contributed by atoms with E-state index in [4.69, 9.17) is 0 Å². The Morgan fingerprint density at radius 1 is 1.58 bits per heavy atom. The predicted molar refractivity (Wildman–Crippen MR) is 48.9 cm³/mol. The van der Waals surface area contributed by atoms with Crippen molar-refractivity contribution in [2.24, 2.45) is 0 Å². The van der Waals surface area contributed by atoms with Crippen molar-refractivity contribution < 1.29 is 4.42 Å². The maximum atomic E-state index is 11.0. The smallest absolute Gasteiger partial charge is 0.342 e. The number of hydrogen-bond donors (Lipinski definition) is 0. The topological polar surface area (TPSA) is 30.2 Å². The molecule has 0 unspecified atom stereocenters. The summed E-state index contributed by atoms with van der Waals surface area (Å²) in [6.07, 6.45) is 7.25. The average Bonchev–Trinajstić information content (AvgIpc) is 2.09. The lowest BCUT2D eigenvalue weighted by Gasteiger charge is -1.88. The summed E-state index contributed by atoms with van der Waals surface area (Å²) in [7, 11) is 0. The zero-order chi connectivity index (χ0) is 8.81. The van der Waals surface area contributed by atoms with Crippen molar-refractivity contribution in [3.63, 3.8) is 0 Å². The van der Waals surface area contributed by atoms with Gasteiger partial charge in [-0.25, -0.2) is 4.79 Å². The van der Waals surface area contributed by atoms with Crippen molar-refractivity contribution >= 4 is 6.08 Å². The first-order chi connectivity index (χ1) is 5.84. The highest BCUT2D eigenvalue weighted by Crippen LogP contribution is 1.97. The third-order valence-electron chi connectivity index (χ3n) is 1.52. The van der Waals surface area contributed by atoms with Crippen LogP contribution in [0.25, 0.3) is 6.08 Å². The van der Waals surface area contributed by atoms with E-state index >= 15 is 0 Å².